The number of rotatable bonds is 10. The first-order chi connectivity index (χ1) is 18.5. The maximum atomic E-state index is 14.6. The molecule has 0 aromatic heterocycles. The van der Waals surface area contributed by atoms with E-state index < -0.39 is 35.2 Å². The molecule has 2 rings (SSSR count). The molecule has 0 saturated heterocycles. The third-order valence-electron chi connectivity index (χ3n) is 7.24. The number of anilines is 1. The van der Waals surface area contributed by atoms with Crippen molar-refractivity contribution in [3.8, 4) is 0 Å². The van der Waals surface area contributed by atoms with Crippen LogP contribution in [0.15, 0.2) is 42.5 Å². The van der Waals surface area contributed by atoms with Crippen molar-refractivity contribution < 1.29 is 19.1 Å². The first-order valence-electron chi connectivity index (χ1n) is 14.0. The fraction of sp³-hybridized carbons (Fsp3) is 0.531. The Kier molecular flexibility index (Phi) is 11.2. The van der Waals surface area contributed by atoms with Crippen LogP contribution in [0.25, 0.3) is 0 Å². The highest BCUT2D eigenvalue weighted by Gasteiger charge is 2.44. The van der Waals surface area contributed by atoms with E-state index in [4.69, 9.17) is 16.3 Å². The lowest BCUT2D eigenvalue weighted by Gasteiger charge is -2.45. The van der Waals surface area contributed by atoms with Gasteiger partial charge in [-0.05, 0) is 78.0 Å². The van der Waals surface area contributed by atoms with Crippen LogP contribution in [0.4, 0.5) is 10.5 Å². The molecule has 0 aliphatic rings. The molecule has 0 aliphatic heterocycles. The number of hydrogen-bond acceptors (Lipinski definition) is 4. The van der Waals surface area contributed by atoms with Gasteiger partial charge in [0.1, 0.15) is 17.7 Å². The Morgan fingerprint density at radius 2 is 1.62 bits per heavy atom. The Hall–Kier alpha value is -3.06. The summed E-state index contributed by atoms with van der Waals surface area (Å²) in [6.07, 6.45) is 0.523. The minimum atomic E-state index is -0.995. The summed E-state index contributed by atoms with van der Waals surface area (Å²) in [6.45, 7) is 18.8. The van der Waals surface area contributed by atoms with Crippen molar-refractivity contribution in [1.29, 1.82) is 0 Å². The smallest absolute Gasteiger partial charge is 0.408 e. The minimum Gasteiger partial charge on any atom is -0.444 e. The number of nitrogens with zero attached hydrogens (tertiary/aromatic N) is 1. The highest BCUT2D eigenvalue weighted by atomic mass is 35.5. The van der Waals surface area contributed by atoms with Crippen LogP contribution in [-0.4, -0.2) is 40.0 Å². The highest BCUT2D eigenvalue weighted by molar-refractivity contribution is 6.34. The fourth-order valence-corrected chi connectivity index (χ4v) is 4.72. The van der Waals surface area contributed by atoms with E-state index in [2.05, 4.69) is 10.6 Å². The maximum absolute atomic E-state index is 14.6. The van der Waals surface area contributed by atoms with Gasteiger partial charge in [-0.1, -0.05) is 80.8 Å². The van der Waals surface area contributed by atoms with E-state index in [-0.39, 0.29) is 11.8 Å². The number of amides is 3. The molecule has 0 heterocycles. The molecule has 40 heavy (non-hydrogen) atoms. The Balaban J connectivity index is 2.70. The van der Waals surface area contributed by atoms with Gasteiger partial charge in [-0.15, -0.1) is 0 Å². The molecular weight excluding hydrogens is 526 g/mol. The standard InChI is InChI=1S/C32H46ClN3O4/c1-11-21(4)26(35-30(39)40-31(6,7)8)29(38)36(32(9,10)12-2)27(23-17-13-15-20(3)19-23)28(37)34-25-22(5)16-14-18-24(25)33/h13-19,21,26-27H,11-12H2,1-10H3,(H,34,37)(H,35,39). The van der Waals surface area contributed by atoms with Crippen LogP contribution in [0.2, 0.25) is 5.02 Å². The minimum absolute atomic E-state index is 0.220. The Morgan fingerprint density at radius 1 is 1.00 bits per heavy atom. The fourth-order valence-electron chi connectivity index (χ4n) is 4.45. The van der Waals surface area contributed by atoms with Gasteiger partial charge >= 0.3 is 6.09 Å². The number of aryl methyl sites for hydroxylation is 2. The lowest BCUT2D eigenvalue weighted by atomic mass is 9.89. The average molecular weight is 572 g/mol. The zero-order chi connectivity index (χ0) is 30.4. The number of hydrogen-bond donors (Lipinski definition) is 2. The molecule has 2 aromatic rings. The van der Waals surface area contributed by atoms with E-state index in [0.717, 1.165) is 11.1 Å². The van der Waals surface area contributed by atoms with Gasteiger partial charge in [0.05, 0.1) is 10.7 Å². The Morgan fingerprint density at radius 3 is 2.15 bits per heavy atom. The summed E-state index contributed by atoms with van der Waals surface area (Å²) in [5.74, 6) is -0.969. The van der Waals surface area contributed by atoms with Crippen LogP contribution in [0.3, 0.4) is 0 Å². The summed E-state index contributed by atoms with van der Waals surface area (Å²) >= 11 is 6.47. The zero-order valence-electron chi connectivity index (χ0n) is 25.6. The summed E-state index contributed by atoms with van der Waals surface area (Å²) in [7, 11) is 0. The third kappa shape index (κ3) is 8.47. The summed E-state index contributed by atoms with van der Waals surface area (Å²) < 4.78 is 5.50. The predicted octanol–water partition coefficient (Wildman–Crippen LogP) is 7.59. The average Bonchev–Trinajstić information content (AvgIpc) is 2.85. The van der Waals surface area contributed by atoms with E-state index >= 15 is 0 Å². The van der Waals surface area contributed by atoms with Crippen molar-refractivity contribution >= 4 is 35.2 Å². The monoisotopic (exact) mass is 571 g/mol. The van der Waals surface area contributed by atoms with Gasteiger partial charge in [0.25, 0.3) is 5.91 Å². The molecule has 3 amide bonds. The largest absolute Gasteiger partial charge is 0.444 e. The van der Waals surface area contributed by atoms with E-state index in [9.17, 15) is 14.4 Å². The number of benzene rings is 2. The van der Waals surface area contributed by atoms with Crippen molar-refractivity contribution in [3.05, 3.63) is 64.2 Å². The summed E-state index contributed by atoms with van der Waals surface area (Å²) in [6, 6.07) is 11.1. The van der Waals surface area contributed by atoms with Crippen LogP contribution < -0.4 is 10.6 Å². The maximum Gasteiger partial charge on any atom is 0.408 e. The first-order valence-corrected chi connectivity index (χ1v) is 14.3. The summed E-state index contributed by atoms with van der Waals surface area (Å²) in [5.41, 5.74) is 1.44. The van der Waals surface area contributed by atoms with Crippen molar-refractivity contribution in [2.75, 3.05) is 5.32 Å². The molecule has 0 spiro atoms. The van der Waals surface area contributed by atoms with Crippen molar-refractivity contribution in [2.24, 2.45) is 5.92 Å². The summed E-state index contributed by atoms with van der Waals surface area (Å²) in [4.78, 5) is 43.3. The molecule has 0 radical (unpaired) electrons. The molecule has 7 nitrogen and oxygen atoms in total. The number of halogens is 1. The molecule has 0 bridgehead atoms. The topological polar surface area (TPSA) is 87.7 Å². The molecule has 0 aliphatic carbocycles. The van der Waals surface area contributed by atoms with Crippen molar-refractivity contribution in [1.82, 2.24) is 10.2 Å². The molecule has 2 N–H and O–H groups in total. The number of alkyl carbamates (subject to hydrolysis) is 1. The molecule has 2 aromatic carbocycles. The zero-order valence-corrected chi connectivity index (χ0v) is 26.4. The van der Waals surface area contributed by atoms with Gasteiger partial charge in [0.15, 0.2) is 0 Å². The van der Waals surface area contributed by atoms with E-state index in [1.165, 1.54) is 0 Å². The number of nitrogens with one attached hydrogen (secondary N) is 2. The van der Waals surface area contributed by atoms with Crippen molar-refractivity contribution in [2.45, 2.75) is 105 Å². The molecule has 0 saturated carbocycles. The van der Waals surface area contributed by atoms with Crippen LogP contribution in [0, 0.1) is 19.8 Å². The van der Waals surface area contributed by atoms with E-state index in [0.29, 0.717) is 29.1 Å². The van der Waals surface area contributed by atoms with Crippen molar-refractivity contribution in [3.63, 3.8) is 0 Å². The molecular formula is C32H46ClN3O4. The van der Waals surface area contributed by atoms with Crippen LogP contribution in [-0.2, 0) is 14.3 Å². The summed E-state index contributed by atoms with van der Waals surface area (Å²) in [5, 5.41) is 6.24. The molecule has 0 fully saturated rings. The highest BCUT2D eigenvalue weighted by Crippen LogP contribution is 2.35. The predicted molar refractivity (Wildman–Crippen MR) is 163 cm³/mol. The second-order valence-electron chi connectivity index (χ2n) is 12.1. The molecule has 8 heteroatoms. The molecule has 3 unspecified atom stereocenters. The molecule has 3 atom stereocenters. The van der Waals surface area contributed by atoms with E-state index in [1.807, 2.05) is 84.9 Å². The second kappa shape index (κ2) is 13.5. The van der Waals surface area contributed by atoms with Gasteiger partial charge in [-0.3, -0.25) is 9.59 Å². The van der Waals surface area contributed by atoms with Crippen LogP contribution in [0.1, 0.15) is 91.0 Å². The quantitative estimate of drug-likeness (QED) is 0.307. The number of ether oxygens (including phenoxy) is 1. The van der Waals surface area contributed by atoms with Gasteiger partial charge in [-0.2, -0.15) is 0 Å². The molecule has 220 valence electrons. The van der Waals surface area contributed by atoms with E-state index in [1.54, 1.807) is 31.7 Å². The first kappa shape index (κ1) is 33.1. The van der Waals surface area contributed by atoms with Crippen LogP contribution in [0.5, 0.6) is 0 Å². The normalized spacial score (nSPS) is 14.1. The van der Waals surface area contributed by atoms with Gasteiger partial charge in [0.2, 0.25) is 5.91 Å². The third-order valence-corrected chi connectivity index (χ3v) is 7.56. The lowest BCUT2D eigenvalue weighted by Crippen LogP contribution is -2.60. The number of para-hydroxylation sites is 1. The Labute approximate surface area is 245 Å². The van der Waals surface area contributed by atoms with Gasteiger partial charge in [0, 0.05) is 5.54 Å². The Bertz CT molecular complexity index is 1180. The second-order valence-corrected chi connectivity index (χ2v) is 12.5. The number of carbonyl (C=O) groups excluding carboxylic acids is 3. The van der Waals surface area contributed by atoms with Gasteiger partial charge in [-0.25, -0.2) is 4.79 Å². The number of carbonyl (C=O) groups is 3. The van der Waals surface area contributed by atoms with Crippen LogP contribution >= 0.6 is 11.6 Å². The lowest BCUT2D eigenvalue weighted by molar-refractivity contribution is -0.148. The van der Waals surface area contributed by atoms with Gasteiger partial charge < -0.3 is 20.3 Å². The SMILES string of the molecule is CCC(C)C(NC(=O)OC(C)(C)C)C(=O)N(C(C(=O)Nc1c(C)cccc1Cl)c1cccc(C)c1)C(C)(C)CC.